The second-order valence-electron chi connectivity index (χ2n) is 4.34. The standard InChI is InChI=1S/C12H20N4S/c1-3-11-16-10(8-17-11)7-15-12(13-2)14-6-9-4-5-9/h8-9H,3-7H2,1-2H3,(H2,13,14,15). The average Bonchev–Trinajstić information content (AvgIpc) is 3.07. The fourth-order valence-electron chi connectivity index (χ4n) is 1.55. The summed E-state index contributed by atoms with van der Waals surface area (Å²) in [6, 6.07) is 0. The first-order chi connectivity index (χ1) is 8.31. The highest BCUT2D eigenvalue weighted by molar-refractivity contribution is 7.09. The molecule has 0 spiro atoms. The van der Waals surface area contributed by atoms with Crippen LogP contribution in [0.1, 0.15) is 30.5 Å². The van der Waals surface area contributed by atoms with Crippen molar-refractivity contribution in [1.82, 2.24) is 15.6 Å². The molecule has 0 saturated heterocycles. The Morgan fingerprint density at radius 3 is 2.94 bits per heavy atom. The highest BCUT2D eigenvalue weighted by Gasteiger charge is 2.20. The maximum atomic E-state index is 4.52. The summed E-state index contributed by atoms with van der Waals surface area (Å²) in [5.41, 5.74) is 1.10. The summed E-state index contributed by atoms with van der Waals surface area (Å²) in [7, 11) is 1.81. The zero-order valence-corrected chi connectivity index (χ0v) is 11.3. The van der Waals surface area contributed by atoms with Gasteiger partial charge < -0.3 is 10.6 Å². The van der Waals surface area contributed by atoms with Crippen LogP contribution in [0.2, 0.25) is 0 Å². The van der Waals surface area contributed by atoms with Crippen LogP contribution < -0.4 is 10.6 Å². The van der Waals surface area contributed by atoms with Crippen molar-refractivity contribution in [3.05, 3.63) is 16.1 Å². The van der Waals surface area contributed by atoms with Crippen LogP contribution >= 0.6 is 11.3 Å². The number of hydrogen-bond donors (Lipinski definition) is 2. The third-order valence-corrected chi connectivity index (χ3v) is 3.86. The number of nitrogens with zero attached hydrogens (tertiary/aromatic N) is 2. The van der Waals surface area contributed by atoms with E-state index >= 15 is 0 Å². The van der Waals surface area contributed by atoms with Gasteiger partial charge in [0.15, 0.2) is 5.96 Å². The molecule has 1 saturated carbocycles. The van der Waals surface area contributed by atoms with Crippen LogP contribution in [0.4, 0.5) is 0 Å². The van der Waals surface area contributed by atoms with Gasteiger partial charge >= 0.3 is 0 Å². The van der Waals surface area contributed by atoms with E-state index in [4.69, 9.17) is 0 Å². The van der Waals surface area contributed by atoms with Gasteiger partial charge in [-0.2, -0.15) is 0 Å². The van der Waals surface area contributed by atoms with E-state index < -0.39 is 0 Å². The largest absolute Gasteiger partial charge is 0.356 e. The Bertz CT molecular complexity index is 382. The van der Waals surface area contributed by atoms with Crippen molar-refractivity contribution in [2.45, 2.75) is 32.7 Å². The molecule has 1 fully saturated rings. The molecule has 0 unspecified atom stereocenters. The van der Waals surface area contributed by atoms with E-state index in [1.807, 2.05) is 0 Å². The van der Waals surface area contributed by atoms with Gasteiger partial charge in [0.05, 0.1) is 17.2 Å². The number of aryl methyl sites for hydroxylation is 1. The van der Waals surface area contributed by atoms with Crippen LogP contribution in [0.15, 0.2) is 10.4 Å². The Morgan fingerprint density at radius 2 is 2.35 bits per heavy atom. The van der Waals surface area contributed by atoms with Gasteiger partial charge in [-0.3, -0.25) is 4.99 Å². The molecule has 5 heteroatoms. The van der Waals surface area contributed by atoms with Crippen molar-refractivity contribution in [3.63, 3.8) is 0 Å². The molecule has 0 bridgehead atoms. The smallest absolute Gasteiger partial charge is 0.191 e. The molecule has 0 radical (unpaired) electrons. The lowest BCUT2D eigenvalue weighted by molar-refractivity contribution is 0.733. The van der Waals surface area contributed by atoms with E-state index in [9.17, 15) is 0 Å². The molecule has 17 heavy (non-hydrogen) atoms. The molecule has 1 heterocycles. The van der Waals surface area contributed by atoms with Gasteiger partial charge in [0.1, 0.15) is 0 Å². The molecule has 94 valence electrons. The van der Waals surface area contributed by atoms with Crippen molar-refractivity contribution < 1.29 is 0 Å². The van der Waals surface area contributed by atoms with Crippen LogP contribution in [0.25, 0.3) is 0 Å². The lowest BCUT2D eigenvalue weighted by atomic mass is 10.4. The molecule has 4 nitrogen and oxygen atoms in total. The molecule has 2 N–H and O–H groups in total. The lowest BCUT2D eigenvalue weighted by Crippen LogP contribution is -2.37. The van der Waals surface area contributed by atoms with Crippen LogP contribution in [-0.2, 0) is 13.0 Å². The van der Waals surface area contributed by atoms with Gasteiger partial charge in [0.2, 0.25) is 0 Å². The van der Waals surface area contributed by atoms with Crippen LogP contribution in [0.3, 0.4) is 0 Å². The Kier molecular flexibility index (Phi) is 4.36. The van der Waals surface area contributed by atoms with E-state index in [0.717, 1.165) is 37.1 Å². The average molecular weight is 252 g/mol. The summed E-state index contributed by atoms with van der Waals surface area (Å²) in [6.45, 7) is 3.92. The number of hydrogen-bond acceptors (Lipinski definition) is 3. The minimum atomic E-state index is 0.751. The minimum Gasteiger partial charge on any atom is -0.356 e. The number of thiazole rings is 1. The normalized spacial score (nSPS) is 16.0. The van der Waals surface area contributed by atoms with Gasteiger partial charge in [0.25, 0.3) is 0 Å². The van der Waals surface area contributed by atoms with Gasteiger partial charge in [-0.1, -0.05) is 6.92 Å². The number of nitrogens with one attached hydrogen (secondary N) is 2. The van der Waals surface area contributed by atoms with E-state index in [-0.39, 0.29) is 0 Å². The minimum absolute atomic E-state index is 0.751. The number of aromatic nitrogens is 1. The zero-order valence-electron chi connectivity index (χ0n) is 10.5. The molecule has 0 atom stereocenters. The third-order valence-electron chi connectivity index (χ3n) is 2.82. The molecule has 1 aliphatic rings. The molecule has 0 amide bonds. The molecular weight excluding hydrogens is 232 g/mol. The van der Waals surface area contributed by atoms with Gasteiger partial charge in [-0.15, -0.1) is 11.3 Å². The van der Waals surface area contributed by atoms with E-state index in [1.54, 1.807) is 18.4 Å². The van der Waals surface area contributed by atoms with Crippen molar-refractivity contribution in [2.24, 2.45) is 10.9 Å². The van der Waals surface area contributed by atoms with Crippen molar-refractivity contribution in [1.29, 1.82) is 0 Å². The molecule has 0 aliphatic heterocycles. The van der Waals surface area contributed by atoms with E-state index in [2.05, 4.69) is 32.9 Å². The maximum absolute atomic E-state index is 4.52. The van der Waals surface area contributed by atoms with Gasteiger partial charge in [-0.05, 0) is 25.2 Å². The molecule has 0 aromatic carbocycles. The summed E-state index contributed by atoms with van der Waals surface area (Å²) >= 11 is 1.73. The summed E-state index contributed by atoms with van der Waals surface area (Å²) in [4.78, 5) is 8.72. The second-order valence-corrected chi connectivity index (χ2v) is 5.28. The maximum Gasteiger partial charge on any atom is 0.191 e. The summed E-state index contributed by atoms with van der Waals surface area (Å²) in [6.07, 6.45) is 3.73. The Morgan fingerprint density at radius 1 is 1.53 bits per heavy atom. The fourth-order valence-corrected chi connectivity index (χ4v) is 2.30. The molecule has 1 aromatic heterocycles. The van der Waals surface area contributed by atoms with Gasteiger partial charge in [0, 0.05) is 19.0 Å². The molecular formula is C12H20N4S. The fraction of sp³-hybridized carbons (Fsp3) is 0.667. The Labute approximate surface area is 107 Å². The van der Waals surface area contributed by atoms with Crippen molar-refractivity contribution in [3.8, 4) is 0 Å². The number of aliphatic imine (C=N–C) groups is 1. The third kappa shape index (κ3) is 4.00. The van der Waals surface area contributed by atoms with Crippen LogP contribution in [-0.4, -0.2) is 24.5 Å². The zero-order chi connectivity index (χ0) is 12.1. The summed E-state index contributed by atoms with van der Waals surface area (Å²) in [5.74, 6) is 1.74. The predicted octanol–water partition coefficient (Wildman–Crippen LogP) is 1.78. The number of rotatable bonds is 5. The summed E-state index contributed by atoms with van der Waals surface area (Å²) < 4.78 is 0. The first kappa shape index (κ1) is 12.4. The number of guanidine groups is 1. The predicted molar refractivity (Wildman–Crippen MR) is 72.4 cm³/mol. The summed E-state index contributed by atoms with van der Waals surface area (Å²) in [5, 5.41) is 9.93. The first-order valence-electron chi connectivity index (χ1n) is 6.19. The highest BCUT2D eigenvalue weighted by Crippen LogP contribution is 2.27. The quantitative estimate of drug-likeness (QED) is 0.620. The molecule has 2 rings (SSSR count). The Balaban J connectivity index is 1.74. The first-order valence-corrected chi connectivity index (χ1v) is 7.07. The monoisotopic (exact) mass is 252 g/mol. The SMILES string of the molecule is CCc1nc(CNC(=NC)NCC2CC2)cs1. The lowest BCUT2D eigenvalue weighted by Gasteiger charge is -2.10. The highest BCUT2D eigenvalue weighted by atomic mass is 32.1. The van der Waals surface area contributed by atoms with Crippen molar-refractivity contribution >= 4 is 17.3 Å². The van der Waals surface area contributed by atoms with Crippen molar-refractivity contribution in [2.75, 3.05) is 13.6 Å². The van der Waals surface area contributed by atoms with Crippen LogP contribution in [0, 0.1) is 5.92 Å². The van der Waals surface area contributed by atoms with Gasteiger partial charge in [-0.25, -0.2) is 4.98 Å². The molecule has 1 aliphatic carbocycles. The Hall–Kier alpha value is -1.10. The van der Waals surface area contributed by atoms with Crippen LogP contribution in [0.5, 0.6) is 0 Å². The topological polar surface area (TPSA) is 49.3 Å². The van der Waals surface area contributed by atoms with E-state index in [0.29, 0.717) is 0 Å². The molecule has 1 aromatic rings. The van der Waals surface area contributed by atoms with E-state index in [1.165, 1.54) is 17.8 Å². The second kappa shape index (κ2) is 6.00.